The van der Waals surface area contributed by atoms with Crippen molar-refractivity contribution >= 4 is 40.9 Å². The molecular formula is C26H37ClN4O3. The third-order valence-electron chi connectivity index (χ3n) is 6.50. The summed E-state index contributed by atoms with van der Waals surface area (Å²) in [6, 6.07) is 12.8. The Morgan fingerprint density at radius 2 is 1.79 bits per heavy atom. The van der Waals surface area contributed by atoms with Crippen LogP contribution in [0.15, 0.2) is 42.5 Å². The molecule has 0 spiro atoms. The van der Waals surface area contributed by atoms with Crippen molar-refractivity contribution in [1.82, 2.24) is 15.5 Å². The van der Waals surface area contributed by atoms with Crippen LogP contribution in [0.4, 0.5) is 0 Å². The molecule has 0 bridgehead atoms. The van der Waals surface area contributed by atoms with E-state index >= 15 is 0 Å². The Hall–Kier alpha value is -2.64. The summed E-state index contributed by atoms with van der Waals surface area (Å²) in [5.74, 6) is -0.561. The van der Waals surface area contributed by atoms with Gasteiger partial charge in [-0.15, -0.1) is 12.4 Å². The summed E-state index contributed by atoms with van der Waals surface area (Å²) in [6.45, 7) is 5.24. The van der Waals surface area contributed by atoms with E-state index in [9.17, 15) is 14.4 Å². The average molecular weight is 489 g/mol. The number of nitrogens with one attached hydrogen (secondary N) is 2. The summed E-state index contributed by atoms with van der Waals surface area (Å²) in [5, 5.41) is 7.94. The molecule has 1 aliphatic rings. The second-order valence-corrected chi connectivity index (χ2v) is 8.73. The van der Waals surface area contributed by atoms with E-state index in [-0.39, 0.29) is 36.0 Å². The number of likely N-dealkylation sites (tertiary alicyclic amines) is 1. The summed E-state index contributed by atoms with van der Waals surface area (Å²) < 4.78 is 0. The van der Waals surface area contributed by atoms with E-state index in [0.717, 1.165) is 35.6 Å². The highest BCUT2D eigenvalue weighted by Crippen LogP contribution is 2.23. The molecule has 0 saturated carbocycles. The summed E-state index contributed by atoms with van der Waals surface area (Å²) in [7, 11) is 0. The molecule has 0 aromatic heterocycles. The smallest absolute Gasteiger partial charge is 0.243 e. The molecule has 8 heteroatoms. The molecule has 4 N–H and O–H groups in total. The molecule has 0 radical (unpaired) electrons. The van der Waals surface area contributed by atoms with Crippen LogP contribution in [-0.2, 0) is 20.8 Å². The van der Waals surface area contributed by atoms with Crippen molar-refractivity contribution in [2.45, 2.75) is 58.0 Å². The Kier molecular flexibility index (Phi) is 10.8. The molecule has 2 aromatic rings. The van der Waals surface area contributed by atoms with E-state index in [1.165, 1.54) is 0 Å². The van der Waals surface area contributed by atoms with Gasteiger partial charge in [0.25, 0.3) is 0 Å². The standard InChI is InChI=1S/C26H36N4O3.ClH/c1-3-19(4-2)26(33)30-15-7-10-23(30)25(32)29-22(24(31)28-14-13-27)17-18-11-12-20-8-5-6-9-21(20)16-18;/h5-6,8-9,11-12,16,19,22-23H,3-4,7,10,13-15,17,27H2,1-2H3,(H,28,31)(H,29,32);1H/t22-,23+;/m1./s1. The number of amides is 3. The predicted octanol–water partition coefficient (Wildman–Crippen LogP) is 2.79. The highest BCUT2D eigenvalue weighted by atomic mass is 35.5. The molecule has 2 atom stereocenters. The SMILES string of the molecule is CCC(CC)C(=O)N1CCC[C@H]1C(=O)N[C@H](Cc1ccc2ccccc2c1)C(=O)NCCN.Cl. The minimum atomic E-state index is -0.740. The van der Waals surface area contributed by atoms with Crippen molar-refractivity contribution in [3.8, 4) is 0 Å². The maximum absolute atomic E-state index is 13.2. The number of hydrogen-bond acceptors (Lipinski definition) is 4. The van der Waals surface area contributed by atoms with Crippen molar-refractivity contribution in [2.24, 2.45) is 11.7 Å². The third-order valence-corrected chi connectivity index (χ3v) is 6.50. The van der Waals surface area contributed by atoms with Gasteiger partial charge in [0.15, 0.2) is 0 Å². The number of nitrogens with zero attached hydrogens (tertiary/aromatic N) is 1. The lowest BCUT2D eigenvalue weighted by Gasteiger charge is -2.29. The molecule has 1 saturated heterocycles. The summed E-state index contributed by atoms with van der Waals surface area (Å²) >= 11 is 0. The normalized spacial score (nSPS) is 16.2. The second kappa shape index (κ2) is 13.3. The van der Waals surface area contributed by atoms with Crippen LogP contribution in [0.1, 0.15) is 45.1 Å². The van der Waals surface area contributed by atoms with Gasteiger partial charge in [-0.1, -0.05) is 56.3 Å². The van der Waals surface area contributed by atoms with Gasteiger partial charge >= 0.3 is 0 Å². The maximum atomic E-state index is 13.2. The predicted molar refractivity (Wildman–Crippen MR) is 138 cm³/mol. The van der Waals surface area contributed by atoms with Gasteiger partial charge in [-0.25, -0.2) is 0 Å². The lowest BCUT2D eigenvalue weighted by molar-refractivity contribution is -0.142. The summed E-state index contributed by atoms with van der Waals surface area (Å²) in [6.07, 6.45) is 3.28. The Bertz CT molecular complexity index is 979. The fraction of sp³-hybridized carbons (Fsp3) is 0.500. The van der Waals surface area contributed by atoms with Crippen LogP contribution in [0.3, 0.4) is 0 Å². The van der Waals surface area contributed by atoms with Crippen LogP contribution < -0.4 is 16.4 Å². The number of carbonyl (C=O) groups is 3. The number of hydrogen-bond donors (Lipinski definition) is 3. The Morgan fingerprint density at radius 1 is 1.09 bits per heavy atom. The van der Waals surface area contributed by atoms with Gasteiger partial charge in [-0.05, 0) is 42.0 Å². The van der Waals surface area contributed by atoms with E-state index in [1.807, 2.05) is 56.3 Å². The van der Waals surface area contributed by atoms with Gasteiger partial charge < -0.3 is 21.3 Å². The summed E-state index contributed by atoms with van der Waals surface area (Å²) in [4.78, 5) is 40.8. The monoisotopic (exact) mass is 488 g/mol. The first-order valence-corrected chi connectivity index (χ1v) is 12.0. The second-order valence-electron chi connectivity index (χ2n) is 8.73. The van der Waals surface area contributed by atoms with Crippen LogP contribution in [0.2, 0.25) is 0 Å². The Morgan fingerprint density at radius 3 is 2.47 bits per heavy atom. The molecule has 2 aromatic carbocycles. The first kappa shape index (κ1) is 27.6. The number of rotatable bonds is 10. The summed E-state index contributed by atoms with van der Waals surface area (Å²) in [5.41, 5.74) is 6.51. The molecule has 186 valence electrons. The third kappa shape index (κ3) is 6.70. The molecule has 0 aliphatic carbocycles. The number of carbonyl (C=O) groups excluding carboxylic acids is 3. The van der Waals surface area contributed by atoms with Gasteiger partial charge in [0.2, 0.25) is 17.7 Å². The molecule has 0 unspecified atom stereocenters. The van der Waals surface area contributed by atoms with Crippen molar-refractivity contribution in [3.63, 3.8) is 0 Å². The molecule has 1 heterocycles. The van der Waals surface area contributed by atoms with Crippen LogP contribution >= 0.6 is 12.4 Å². The number of nitrogens with two attached hydrogens (primary N) is 1. The maximum Gasteiger partial charge on any atom is 0.243 e. The number of fused-ring (bicyclic) bond motifs is 1. The first-order chi connectivity index (χ1) is 16.0. The van der Waals surface area contributed by atoms with Crippen LogP contribution in [0, 0.1) is 5.92 Å². The van der Waals surface area contributed by atoms with Crippen LogP contribution in [0.25, 0.3) is 10.8 Å². The lowest BCUT2D eigenvalue weighted by Crippen LogP contribution is -2.54. The van der Waals surface area contributed by atoms with E-state index in [0.29, 0.717) is 32.5 Å². The fourth-order valence-corrected chi connectivity index (χ4v) is 4.57. The number of benzene rings is 2. The molecule has 34 heavy (non-hydrogen) atoms. The average Bonchev–Trinajstić information content (AvgIpc) is 3.33. The first-order valence-electron chi connectivity index (χ1n) is 12.0. The zero-order valence-electron chi connectivity index (χ0n) is 20.1. The zero-order chi connectivity index (χ0) is 23.8. The van der Waals surface area contributed by atoms with E-state index in [2.05, 4.69) is 10.6 Å². The Balaban J connectivity index is 0.00000408. The van der Waals surface area contributed by atoms with E-state index < -0.39 is 12.1 Å². The molecular weight excluding hydrogens is 452 g/mol. The van der Waals surface area contributed by atoms with E-state index in [4.69, 9.17) is 5.73 Å². The lowest BCUT2D eigenvalue weighted by atomic mass is 10.00. The van der Waals surface area contributed by atoms with Gasteiger partial charge in [0.1, 0.15) is 12.1 Å². The highest BCUT2D eigenvalue weighted by Gasteiger charge is 2.37. The van der Waals surface area contributed by atoms with Crippen LogP contribution in [0.5, 0.6) is 0 Å². The highest BCUT2D eigenvalue weighted by molar-refractivity contribution is 5.93. The van der Waals surface area contributed by atoms with Gasteiger partial charge in [-0.2, -0.15) is 0 Å². The topological polar surface area (TPSA) is 105 Å². The van der Waals surface area contributed by atoms with Gasteiger partial charge in [-0.3, -0.25) is 14.4 Å². The van der Waals surface area contributed by atoms with Crippen molar-refractivity contribution in [3.05, 3.63) is 48.0 Å². The Labute approximate surface area is 208 Å². The van der Waals surface area contributed by atoms with E-state index in [1.54, 1.807) is 4.90 Å². The number of halogens is 1. The zero-order valence-corrected chi connectivity index (χ0v) is 20.9. The quantitative estimate of drug-likeness (QED) is 0.478. The molecule has 7 nitrogen and oxygen atoms in total. The largest absolute Gasteiger partial charge is 0.353 e. The van der Waals surface area contributed by atoms with Gasteiger partial charge in [0, 0.05) is 32.0 Å². The molecule has 3 rings (SSSR count). The van der Waals surface area contributed by atoms with Crippen molar-refractivity contribution in [1.29, 1.82) is 0 Å². The molecule has 3 amide bonds. The minimum Gasteiger partial charge on any atom is -0.353 e. The van der Waals surface area contributed by atoms with Crippen molar-refractivity contribution < 1.29 is 14.4 Å². The van der Waals surface area contributed by atoms with Gasteiger partial charge in [0.05, 0.1) is 0 Å². The van der Waals surface area contributed by atoms with Crippen LogP contribution in [-0.4, -0.2) is 54.3 Å². The van der Waals surface area contributed by atoms with Crippen molar-refractivity contribution in [2.75, 3.05) is 19.6 Å². The molecule has 1 aliphatic heterocycles. The minimum absolute atomic E-state index is 0. The molecule has 1 fully saturated rings. The fourth-order valence-electron chi connectivity index (χ4n) is 4.57.